The Kier molecular flexibility index (Phi) is 5.27. The van der Waals surface area contributed by atoms with Gasteiger partial charge in [0.1, 0.15) is 6.10 Å². The fraction of sp³-hybridized carbons (Fsp3) is 0.462. The summed E-state index contributed by atoms with van der Waals surface area (Å²) in [5.74, 6) is -1.11. The van der Waals surface area contributed by atoms with Crippen molar-refractivity contribution in [3.63, 3.8) is 0 Å². The van der Waals surface area contributed by atoms with Crippen LogP contribution in [0.3, 0.4) is 0 Å². The minimum Gasteiger partial charge on any atom is -0.478 e. The van der Waals surface area contributed by atoms with Crippen LogP contribution in [0.2, 0.25) is 0 Å². The quantitative estimate of drug-likeness (QED) is 0.599. The van der Waals surface area contributed by atoms with Gasteiger partial charge < -0.3 is 20.6 Å². The Hall–Kier alpha value is -1.43. The highest BCUT2D eigenvalue weighted by molar-refractivity contribution is 5.89. The summed E-state index contributed by atoms with van der Waals surface area (Å²) in [5.41, 5.74) is 1.12. The first-order valence-corrected chi connectivity index (χ1v) is 5.82. The zero-order valence-electron chi connectivity index (χ0n) is 10.6. The number of aliphatic hydroxyl groups excluding tert-OH is 2. The number of aryl methyl sites for hydroxylation is 1. The van der Waals surface area contributed by atoms with Crippen molar-refractivity contribution in [1.82, 2.24) is 5.32 Å². The van der Waals surface area contributed by atoms with E-state index in [4.69, 9.17) is 5.11 Å². The van der Waals surface area contributed by atoms with Gasteiger partial charge in [0.15, 0.2) is 0 Å². The van der Waals surface area contributed by atoms with Crippen LogP contribution >= 0.6 is 0 Å². The van der Waals surface area contributed by atoms with E-state index in [1.807, 2.05) is 6.92 Å². The number of benzene rings is 1. The number of carboxylic acid groups (broad SMARTS) is 1. The Labute approximate surface area is 106 Å². The molecule has 2 unspecified atom stereocenters. The van der Waals surface area contributed by atoms with Gasteiger partial charge >= 0.3 is 5.97 Å². The van der Waals surface area contributed by atoms with Gasteiger partial charge in [-0.25, -0.2) is 4.79 Å². The molecule has 0 aromatic heterocycles. The molecule has 5 heteroatoms. The van der Waals surface area contributed by atoms with Gasteiger partial charge in [0.2, 0.25) is 0 Å². The molecular formula is C13H19NO4. The molecule has 0 saturated heterocycles. The first-order chi connectivity index (χ1) is 8.47. The molecule has 1 aromatic rings. The molecule has 0 spiro atoms. The van der Waals surface area contributed by atoms with Crippen molar-refractivity contribution in [2.24, 2.45) is 0 Å². The second-order valence-electron chi connectivity index (χ2n) is 4.30. The monoisotopic (exact) mass is 253 g/mol. The third-order valence-corrected chi connectivity index (χ3v) is 2.81. The van der Waals surface area contributed by atoms with Crippen LogP contribution in [0.25, 0.3) is 0 Å². The standard InChI is InChI=1S/C13H19NO4/c1-8-3-4-9(13(17)18)10(7-8)12(16)11(15)5-6-14-2/h3-4,7,11-12,14-16H,5-6H2,1-2H3,(H,17,18). The zero-order chi connectivity index (χ0) is 13.7. The summed E-state index contributed by atoms with van der Waals surface area (Å²) in [5, 5.41) is 31.8. The molecule has 5 nitrogen and oxygen atoms in total. The van der Waals surface area contributed by atoms with Crippen molar-refractivity contribution < 1.29 is 20.1 Å². The van der Waals surface area contributed by atoms with Crippen LogP contribution in [-0.2, 0) is 0 Å². The van der Waals surface area contributed by atoms with E-state index in [1.165, 1.54) is 6.07 Å². The van der Waals surface area contributed by atoms with Gasteiger partial charge in [0.25, 0.3) is 0 Å². The Morgan fingerprint density at radius 3 is 2.61 bits per heavy atom. The number of carboxylic acids is 1. The smallest absolute Gasteiger partial charge is 0.336 e. The fourth-order valence-electron chi connectivity index (χ4n) is 1.78. The summed E-state index contributed by atoms with van der Waals surface area (Å²) >= 11 is 0. The molecule has 0 aliphatic carbocycles. The average Bonchev–Trinajstić information content (AvgIpc) is 2.34. The van der Waals surface area contributed by atoms with E-state index < -0.39 is 18.2 Å². The van der Waals surface area contributed by atoms with Crippen LogP contribution in [-0.4, -0.2) is 41.0 Å². The molecule has 0 bridgehead atoms. The summed E-state index contributed by atoms with van der Waals surface area (Å²) < 4.78 is 0. The van der Waals surface area contributed by atoms with Crippen LogP contribution < -0.4 is 5.32 Å². The molecule has 100 valence electrons. The van der Waals surface area contributed by atoms with Crippen LogP contribution in [0.4, 0.5) is 0 Å². The maximum Gasteiger partial charge on any atom is 0.336 e. The molecule has 1 rings (SSSR count). The van der Waals surface area contributed by atoms with Crippen molar-refractivity contribution in [2.45, 2.75) is 25.6 Å². The number of aliphatic hydroxyl groups is 2. The van der Waals surface area contributed by atoms with E-state index >= 15 is 0 Å². The molecular weight excluding hydrogens is 234 g/mol. The lowest BCUT2D eigenvalue weighted by molar-refractivity contribution is 0.0131. The van der Waals surface area contributed by atoms with E-state index in [0.717, 1.165) is 5.56 Å². The third-order valence-electron chi connectivity index (χ3n) is 2.81. The highest BCUT2D eigenvalue weighted by Gasteiger charge is 2.23. The van der Waals surface area contributed by atoms with Crippen molar-refractivity contribution in [2.75, 3.05) is 13.6 Å². The number of carbonyl (C=O) groups is 1. The molecule has 18 heavy (non-hydrogen) atoms. The molecule has 0 amide bonds. The summed E-state index contributed by atoms with van der Waals surface area (Å²) in [6.45, 7) is 2.36. The molecule has 0 fully saturated rings. The Morgan fingerprint density at radius 1 is 1.39 bits per heavy atom. The lowest BCUT2D eigenvalue weighted by Gasteiger charge is -2.20. The third kappa shape index (κ3) is 3.53. The molecule has 2 atom stereocenters. The summed E-state index contributed by atoms with van der Waals surface area (Å²) in [6.07, 6.45) is -1.83. The van der Waals surface area contributed by atoms with E-state index in [1.54, 1.807) is 19.2 Å². The van der Waals surface area contributed by atoms with E-state index in [0.29, 0.717) is 13.0 Å². The molecule has 1 aromatic carbocycles. The normalized spacial score (nSPS) is 14.2. The number of hydrogen-bond acceptors (Lipinski definition) is 4. The number of rotatable bonds is 6. The van der Waals surface area contributed by atoms with Crippen molar-refractivity contribution in [1.29, 1.82) is 0 Å². The van der Waals surface area contributed by atoms with Gasteiger partial charge in [-0.1, -0.05) is 17.7 Å². The fourth-order valence-corrected chi connectivity index (χ4v) is 1.78. The highest BCUT2D eigenvalue weighted by Crippen LogP contribution is 2.24. The second-order valence-corrected chi connectivity index (χ2v) is 4.30. The maximum absolute atomic E-state index is 11.1. The minimum absolute atomic E-state index is 0.0246. The Balaban J connectivity index is 2.99. The lowest BCUT2D eigenvalue weighted by atomic mass is 9.95. The van der Waals surface area contributed by atoms with Crippen LogP contribution in [0.15, 0.2) is 18.2 Å². The predicted octanol–water partition coefficient (Wildman–Crippen LogP) is 0.697. The number of aromatic carboxylic acids is 1. The van der Waals surface area contributed by atoms with Crippen LogP contribution in [0.5, 0.6) is 0 Å². The number of nitrogens with one attached hydrogen (secondary N) is 1. The van der Waals surface area contributed by atoms with Crippen LogP contribution in [0.1, 0.15) is 34.0 Å². The molecule has 0 heterocycles. The first kappa shape index (κ1) is 14.6. The summed E-state index contributed by atoms with van der Waals surface area (Å²) in [4.78, 5) is 11.1. The average molecular weight is 253 g/mol. The Bertz CT molecular complexity index is 419. The molecule has 0 saturated carbocycles. The highest BCUT2D eigenvalue weighted by atomic mass is 16.4. The molecule has 0 radical (unpaired) electrons. The van der Waals surface area contributed by atoms with Gasteiger partial charge in [-0.15, -0.1) is 0 Å². The largest absolute Gasteiger partial charge is 0.478 e. The maximum atomic E-state index is 11.1. The number of hydrogen-bond donors (Lipinski definition) is 4. The van der Waals surface area contributed by atoms with Gasteiger partial charge in [-0.3, -0.25) is 0 Å². The SMILES string of the molecule is CNCCC(O)C(O)c1cc(C)ccc1C(=O)O. The van der Waals surface area contributed by atoms with Gasteiger partial charge in [0.05, 0.1) is 11.7 Å². The molecule has 4 N–H and O–H groups in total. The van der Waals surface area contributed by atoms with Gasteiger partial charge in [-0.05, 0) is 38.6 Å². The van der Waals surface area contributed by atoms with Gasteiger partial charge in [0, 0.05) is 0 Å². The van der Waals surface area contributed by atoms with Crippen molar-refractivity contribution >= 4 is 5.97 Å². The predicted molar refractivity (Wildman–Crippen MR) is 67.6 cm³/mol. The van der Waals surface area contributed by atoms with E-state index in [9.17, 15) is 15.0 Å². The summed E-state index contributed by atoms with van der Waals surface area (Å²) in [7, 11) is 1.74. The topological polar surface area (TPSA) is 89.8 Å². The Morgan fingerprint density at radius 2 is 2.06 bits per heavy atom. The summed E-state index contributed by atoms with van der Waals surface area (Å²) in [6, 6.07) is 4.71. The van der Waals surface area contributed by atoms with Crippen molar-refractivity contribution in [3.05, 3.63) is 34.9 Å². The lowest BCUT2D eigenvalue weighted by Crippen LogP contribution is -2.24. The zero-order valence-corrected chi connectivity index (χ0v) is 10.6. The van der Waals surface area contributed by atoms with Crippen molar-refractivity contribution in [3.8, 4) is 0 Å². The minimum atomic E-state index is -1.19. The van der Waals surface area contributed by atoms with Gasteiger partial charge in [-0.2, -0.15) is 0 Å². The van der Waals surface area contributed by atoms with E-state index in [2.05, 4.69) is 5.32 Å². The second kappa shape index (κ2) is 6.49. The molecule has 0 aliphatic rings. The van der Waals surface area contributed by atoms with Crippen LogP contribution in [0, 0.1) is 6.92 Å². The first-order valence-electron chi connectivity index (χ1n) is 5.82. The molecule has 0 aliphatic heterocycles. The van der Waals surface area contributed by atoms with E-state index in [-0.39, 0.29) is 11.1 Å².